The van der Waals surface area contributed by atoms with Crippen LogP contribution < -0.4 is 15.4 Å². The molecular formula is C24H36IN3O3. The van der Waals surface area contributed by atoms with Gasteiger partial charge >= 0.3 is 0 Å². The number of halogens is 1. The Bertz CT molecular complexity index is 755. The van der Waals surface area contributed by atoms with Crippen LogP contribution in [0, 0.1) is 0 Å². The molecule has 0 unspecified atom stereocenters. The minimum atomic E-state index is 0. The van der Waals surface area contributed by atoms with Crippen LogP contribution in [0.3, 0.4) is 0 Å². The lowest BCUT2D eigenvalue weighted by Crippen LogP contribution is -2.46. The Morgan fingerprint density at radius 2 is 1.87 bits per heavy atom. The van der Waals surface area contributed by atoms with Crippen molar-refractivity contribution in [2.45, 2.75) is 70.7 Å². The Morgan fingerprint density at radius 1 is 1.13 bits per heavy atom. The second-order valence-electron chi connectivity index (χ2n) is 8.07. The first kappa shape index (κ1) is 25.5. The van der Waals surface area contributed by atoms with E-state index in [-0.39, 0.29) is 24.0 Å². The number of rotatable bonds is 9. The Morgan fingerprint density at radius 3 is 2.48 bits per heavy atom. The maximum Gasteiger partial charge on any atom is 0.191 e. The van der Waals surface area contributed by atoms with Gasteiger partial charge in [-0.2, -0.15) is 0 Å². The molecule has 0 amide bonds. The maximum atomic E-state index is 5.98. The van der Waals surface area contributed by atoms with Gasteiger partial charge in [0, 0.05) is 19.0 Å². The van der Waals surface area contributed by atoms with Gasteiger partial charge in [0.05, 0.1) is 32.1 Å². The molecule has 1 saturated carbocycles. The largest absolute Gasteiger partial charge is 0.497 e. The maximum absolute atomic E-state index is 5.98. The van der Waals surface area contributed by atoms with E-state index in [4.69, 9.17) is 18.9 Å². The van der Waals surface area contributed by atoms with Crippen molar-refractivity contribution in [1.29, 1.82) is 0 Å². The Hall–Kier alpha value is -1.74. The number of methoxy groups -OCH3 is 1. The number of benzene rings is 1. The van der Waals surface area contributed by atoms with E-state index in [1.807, 2.05) is 24.3 Å². The van der Waals surface area contributed by atoms with Crippen molar-refractivity contribution in [2.75, 3.05) is 13.7 Å². The molecule has 1 aromatic carbocycles. The predicted molar refractivity (Wildman–Crippen MR) is 135 cm³/mol. The van der Waals surface area contributed by atoms with Crippen LogP contribution in [-0.4, -0.2) is 37.9 Å². The van der Waals surface area contributed by atoms with Gasteiger partial charge in [-0.3, -0.25) is 0 Å². The fraction of sp³-hybridized carbons (Fsp3) is 0.542. The lowest BCUT2D eigenvalue weighted by atomic mass is 9.93. The van der Waals surface area contributed by atoms with Gasteiger partial charge in [-0.05, 0) is 69.4 Å². The molecule has 172 valence electrons. The smallest absolute Gasteiger partial charge is 0.191 e. The van der Waals surface area contributed by atoms with Gasteiger partial charge in [-0.1, -0.05) is 12.1 Å². The summed E-state index contributed by atoms with van der Waals surface area (Å²) in [6, 6.07) is 12.4. The van der Waals surface area contributed by atoms with E-state index >= 15 is 0 Å². The van der Waals surface area contributed by atoms with E-state index < -0.39 is 0 Å². The summed E-state index contributed by atoms with van der Waals surface area (Å²) in [5, 5.41) is 7.10. The molecular weight excluding hydrogens is 505 g/mol. The van der Waals surface area contributed by atoms with Crippen molar-refractivity contribution in [3.05, 3.63) is 54.0 Å². The highest BCUT2D eigenvalue weighted by atomic mass is 127. The molecule has 3 rings (SSSR count). The van der Waals surface area contributed by atoms with Crippen LogP contribution in [-0.2, 0) is 17.7 Å². The molecule has 0 radical (unpaired) electrons. The third-order valence-electron chi connectivity index (χ3n) is 5.30. The summed E-state index contributed by atoms with van der Waals surface area (Å²) in [4.78, 5) is 4.82. The molecule has 1 aromatic heterocycles. The fourth-order valence-corrected chi connectivity index (χ4v) is 3.73. The predicted octanol–water partition coefficient (Wildman–Crippen LogP) is 4.92. The van der Waals surface area contributed by atoms with Gasteiger partial charge in [-0.15, -0.1) is 24.0 Å². The minimum Gasteiger partial charge on any atom is -0.497 e. The zero-order valence-corrected chi connectivity index (χ0v) is 21.1. The van der Waals surface area contributed by atoms with Gasteiger partial charge in [0.25, 0.3) is 0 Å². The Labute approximate surface area is 203 Å². The molecule has 0 atom stereocenters. The van der Waals surface area contributed by atoms with E-state index in [2.05, 4.69) is 36.6 Å². The van der Waals surface area contributed by atoms with Crippen molar-refractivity contribution in [3.63, 3.8) is 0 Å². The Balaban J connectivity index is 0.00000341. The van der Waals surface area contributed by atoms with E-state index in [1.54, 1.807) is 13.4 Å². The highest BCUT2D eigenvalue weighted by Gasteiger charge is 2.23. The molecule has 0 saturated heterocycles. The molecule has 0 spiro atoms. The highest BCUT2D eigenvalue weighted by Crippen LogP contribution is 2.22. The highest BCUT2D eigenvalue weighted by molar-refractivity contribution is 14.0. The molecule has 7 heteroatoms. The second kappa shape index (κ2) is 13.6. The number of nitrogens with zero attached hydrogens (tertiary/aromatic N) is 1. The van der Waals surface area contributed by atoms with Crippen LogP contribution in [0.15, 0.2) is 52.1 Å². The lowest BCUT2D eigenvalue weighted by Gasteiger charge is -2.31. The monoisotopic (exact) mass is 541 g/mol. The zero-order chi connectivity index (χ0) is 21.2. The quantitative estimate of drug-likeness (QED) is 0.268. The summed E-state index contributed by atoms with van der Waals surface area (Å²) in [6.07, 6.45) is 7.59. The summed E-state index contributed by atoms with van der Waals surface area (Å²) >= 11 is 0. The number of guanidine groups is 1. The molecule has 1 fully saturated rings. The normalized spacial score (nSPS) is 19.0. The molecule has 2 N–H and O–H groups in total. The van der Waals surface area contributed by atoms with Crippen LogP contribution >= 0.6 is 24.0 Å². The molecule has 1 aliphatic rings. The van der Waals surface area contributed by atoms with Crippen molar-refractivity contribution in [1.82, 2.24) is 10.6 Å². The van der Waals surface area contributed by atoms with E-state index in [9.17, 15) is 0 Å². The van der Waals surface area contributed by atoms with Gasteiger partial charge in [-0.25, -0.2) is 4.99 Å². The first-order valence-electron chi connectivity index (χ1n) is 11.0. The van der Waals surface area contributed by atoms with Crippen molar-refractivity contribution >= 4 is 29.9 Å². The average molecular weight is 541 g/mol. The number of nitrogens with one attached hydrogen (secondary N) is 2. The molecule has 1 aliphatic carbocycles. The standard InChI is InChI=1S/C24H35N3O3.HI/c1-18(2)30-23-12-8-20(9-13-23)27-24(25-15-14-22-5-4-16-29-22)26-17-19-6-10-21(28-3)11-7-19;/h4-7,10-11,16,18,20,23H,8-9,12-15,17H2,1-3H3,(H2,25,26,27);1H. The topological polar surface area (TPSA) is 68.0 Å². The summed E-state index contributed by atoms with van der Waals surface area (Å²) in [5.74, 6) is 2.69. The number of furan rings is 1. The third kappa shape index (κ3) is 9.11. The van der Waals surface area contributed by atoms with Gasteiger partial charge < -0.3 is 24.5 Å². The van der Waals surface area contributed by atoms with Crippen molar-refractivity contribution < 1.29 is 13.9 Å². The minimum absolute atomic E-state index is 0. The third-order valence-corrected chi connectivity index (χ3v) is 5.30. The van der Waals surface area contributed by atoms with Crippen LogP contribution in [0.1, 0.15) is 50.9 Å². The fourth-order valence-electron chi connectivity index (χ4n) is 3.73. The first-order valence-corrected chi connectivity index (χ1v) is 11.0. The van der Waals surface area contributed by atoms with Crippen LogP contribution in [0.2, 0.25) is 0 Å². The van der Waals surface area contributed by atoms with Crippen molar-refractivity contribution in [3.8, 4) is 5.75 Å². The molecule has 0 bridgehead atoms. The molecule has 6 nitrogen and oxygen atoms in total. The van der Waals surface area contributed by atoms with E-state index in [0.717, 1.165) is 61.7 Å². The average Bonchev–Trinajstić information content (AvgIpc) is 3.27. The van der Waals surface area contributed by atoms with E-state index in [1.165, 1.54) is 0 Å². The molecule has 31 heavy (non-hydrogen) atoms. The zero-order valence-electron chi connectivity index (χ0n) is 18.8. The van der Waals surface area contributed by atoms with Gasteiger partial charge in [0.1, 0.15) is 11.5 Å². The summed E-state index contributed by atoms with van der Waals surface area (Å²) in [7, 11) is 1.68. The van der Waals surface area contributed by atoms with Crippen LogP contribution in [0.5, 0.6) is 5.75 Å². The summed E-state index contributed by atoms with van der Waals surface area (Å²) < 4.78 is 16.7. The number of hydrogen-bond acceptors (Lipinski definition) is 4. The summed E-state index contributed by atoms with van der Waals surface area (Å²) in [6.45, 7) is 5.61. The van der Waals surface area contributed by atoms with Gasteiger partial charge in [0.2, 0.25) is 0 Å². The molecule has 1 heterocycles. The molecule has 0 aliphatic heterocycles. The number of aliphatic imine (C=N–C) groups is 1. The number of ether oxygens (including phenoxy) is 2. The number of hydrogen-bond donors (Lipinski definition) is 2. The summed E-state index contributed by atoms with van der Waals surface area (Å²) in [5.41, 5.74) is 1.15. The van der Waals surface area contributed by atoms with E-state index in [0.29, 0.717) is 24.8 Å². The van der Waals surface area contributed by atoms with Gasteiger partial charge in [0.15, 0.2) is 5.96 Å². The second-order valence-corrected chi connectivity index (χ2v) is 8.07. The van der Waals surface area contributed by atoms with Crippen LogP contribution in [0.4, 0.5) is 0 Å². The lowest BCUT2D eigenvalue weighted by molar-refractivity contribution is -0.0152. The SMILES string of the molecule is COc1ccc(CN=C(NCCc2ccco2)NC2CCC(OC(C)C)CC2)cc1.I. The molecule has 2 aromatic rings. The Kier molecular flexibility index (Phi) is 11.2. The first-order chi connectivity index (χ1) is 14.6. The van der Waals surface area contributed by atoms with Crippen molar-refractivity contribution in [2.24, 2.45) is 4.99 Å². The van der Waals surface area contributed by atoms with Crippen LogP contribution in [0.25, 0.3) is 0 Å².